The molecule has 0 unspecified atom stereocenters. The molecule has 0 saturated heterocycles. The number of hydrogen-bond donors (Lipinski definition) is 3. The average molecular weight is 1070 g/mol. The number of aliphatic hydroxyl groups is 2. The third kappa shape index (κ3) is 61.3. The van der Waals surface area contributed by atoms with E-state index in [9.17, 15) is 19.8 Å². The number of rotatable bonds is 64. The van der Waals surface area contributed by atoms with Crippen molar-refractivity contribution in [1.29, 1.82) is 0 Å². The van der Waals surface area contributed by atoms with Gasteiger partial charge in [-0.3, -0.25) is 9.59 Å². The first-order valence-corrected chi connectivity index (χ1v) is 34.3. The Morgan fingerprint density at radius 3 is 1.03 bits per heavy atom. The zero-order valence-electron chi connectivity index (χ0n) is 51.3. The molecule has 76 heavy (non-hydrogen) atoms. The number of unbranched alkanes of at least 4 members (excludes halogenated alkanes) is 49. The van der Waals surface area contributed by atoms with E-state index in [0.29, 0.717) is 19.4 Å². The molecule has 0 spiro atoms. The molecule has 0 aromatic carbocycles. The summed E-state index contributed by atoms with van der Waals surface area (Å²) in [7, 11) is 0. The third-order valence-corrected chi connectivity index (χ3v) is 15.9. The van der Waals surface area contributed by atoms with Crippen LogP contribution in [0.2, 0.25) is 0 Å². The van der Waals surface area contributed by atoms with E-state index in [4.69, 9.17) is 4.74 Å². The molecular weight excluding hydrogens is 935 g/mol. The van der Waals surface area contributed by atoms with Crippen molar-refractivity contribution in [1.82, 2.24) is 5.32 Å². The summed E-state index contributed by atoms with van der Waals surface area (Å²) in [5, 5.41) is 23.1. The first-order chi connectivity index (χ1) is 37.5. The van der Waals surface area contributed by atoms with Crippen LogP contribution in [0, 0.1) is 0 Å². The minimum Gasteiger partial charge on any atom is -0.466 e. The molecule has 0 heterocycles. The number of ether oxygens (including phenoxy) is 1. The van der Waals surface area contributed by atoms with E-state index >= 15 is 0 Å². The zero-order valence-corrected chi connectivity index (χ0v) is 51.3. The quantitative estimate of drug-likeness (QED) is 0.0320. The maximum Gasteiger partial charge on any atom is 0.305 e. The first kappa shape index (κ1) is 74.1. The fraction of sp³-hybridized carbons (Fsp3) is 0.886. The second-order valence-electron chi connectivity index (χ2n) is 23.5. The summed E-state index contributed by atoms with van der Waals surface area (Å²) in [6, 6.07) is -0.624. The molecule has 448 valence electrons. The molecule has 0 saturated carbocycles. The van der Waals surface area contributed by atoms with E-state index in [1.807, 2.05) is 6.08 Å². The van der Waals surface area contributed by atoms with Crippen LogP contribution < -0.4 is 5.32 Å². The molecule has 0 aliphatic heterocycles. The highest BCUT2D eigenvalue weighted by Gasteiger charge is 2.18. The largest absolute Gasteiger partial charge is 0.466 e. The predicted octanol–water partition coefficient (Wildman–Crippen LogP) is 21.9. The molecule has 0 bridgehead atoms. The molecule has 0 aromatic rings. The van der Waals surface area contributed by atoms with E-state index in [1.54, 1.807) is 6.08 Å². The van der Waals surface area contributed by atoms with Gasteiger partial charge in [0.1, 0.15) is 0 Å². The van der Waals surface area contributed by atoms with Gasteiger partial charge in [-0.25, -0.2) is 0 Å². The van der Waals surface area contributed by atoms with Gasteiger partial charge >= 0.3 is 5.97 Å². The lowest BCUT2D eigenvalue weighted by Crippen LogP contribution is -2.45. The SMILES string of the molecule is CCCCC/C=C\C/C=C\CCCCCCCC(=O)OCCCCCCCCCCCCCCCCCCCCCCCCCCCCCCCCC(=O)N[C@@H](CO)[C@H](O)/C=C/CCCCCCCCCCCCCC. The van der Waals surface area contributed by atoms with E-state index < -0.39 is 12.1 Å². The van der Waals surface area contributed by atoms with Gasteiger partial charge in [-0.2, -0.15) is 0 Å². The molecule has 0 aromatic heterocycles. The second kappa shape index (κ2) is 65.6. The molecule has 6 heteroatoms. The molecule has 2 atom stereocenters. The van der Waals surface area contributed by atoms with Crippen LogP contribution in [0.1, 0.15) is 373 Å². The number of hydrogen-bond acceptors (Lipinski definition) is 5. The molecule has 0 aliphatic carbocycles. The maximum atomic E-state index is 12.5. The van der Waals surface area contributed by atoms with Crippen molar-refractivity contribution < 1.29 is 24.5 Å². The van der Waals surface area contributed by atoms with Crippen LogP contribution in [0.3, 0.4) is 0 Å². The Labute approximate surface area is 474 Å². The van der Waals surface area contributed by atoms with Crippen LogP contribution in [0.5, 0.6) is 0 Å². The summed E-state index contributed by atoms with van der Waals surface area (Å²) >= 11 is 0. The number of nitrogens with one attached hydrogen (secondary N) is 1. The molecule has 0 fully saturated rings. The minimum absolute atomic E-state index is 0.00592. The van der Waals surface area contributed by atoms with Gasteiger partial charge in [0.2, 0.25) is 5.91 Å². The smallest absolute Gasteiger partial charge is 0.305 e. The van der Waals surface area contributed by atoms with Gasteiger partial charge in [-0.1, -0.05) is 333 Å². The predicted molar refractivity (Wildman–Crippen MR) is 333 cm³/mol. The molecule has 6 nitrogen and oxygen atoms in total. The standard InChI is InChI=1S/C70H133NO5/c1-3-5-7-9-11-13-15-17-35-40-44-48-52-56-60-64-70(75)76-65-61-57-53-49-45-41-37-34-32-30-28-26-24-22-20-19-21-23-25-27-29-31-33-36-39-43-47-51-55-59-63-69(74)71-67(66-72)68(73)62-58-54-50-46-42-38-18-16-14-12-10-8-6-4-2/h11,13,17,35,58,62,67-68,72-73H,3-10,12,14-16,18-34,36-57,59-61,63-66H2,1-2H3,(H,71,74)/b13-11-,35-17-,62-58+/t67-,68+/m0/s1. The topological polar surface area (TPSA) is 95.9 Å². The fourth-order valence-corrected chi connectivity index (χ4v) is 10.7. The Morgan fingerprint density at radius 1 is 0.368 bits per heavy atom. The van der Waals surface area contributed by atoms with Crippen LogP contribution in [-0.4, -0.2) is 47.4 Å². The van der Waals surface area contributed by atoms with Crippen LogP contribution in [0.25, 0.3) is 0 Å². The van der Waals surface area contributed by atoms with Gasteiger partial charge in [0, 0.05) is 12.8 Å². The van der Waals surface area contributed by atoms with Gasteiger partial charge in [-0.15, -0.1) is 0 Å². The number of carbonyl (C=O) groups is 2. The fourth-order valence-electron chi connectivity index (χ4n) is 10.7. The van der Waals surface area contributed by atoms with Crippen LogP contribution >= 0.6 is 0 Å². The summed E-state index contributed by atoms with van der Waals surface area (Å²) in [6.07, 6.45) is 83.6. The summed E-state index contributed by atoms with van der Waals surface area (Å²) in [5.41, 5.74) is 0. The van der Waals surface area contributed by atoms with Gasteiger partial charge in [0.15, 0.2) is 0 Å². The summed E-state index contributed by atoms with van der Waals surface area (Å²) in [4.78, 5) is 24.5. The highest BCUT2D eigenvalue weighted by Crippen LogP contribution is 2.18. The second-order valence-corrected chi connectivity index (χ2v) is 23.5. The van der Waals surface area contributed by atoms with Gasteiger partial charge in [0.05, 0.1) is 25.4 Å². The molecule has 0 aliphatic rings. The normalized spacial score (nSPS) is 12.7. The van der Waals surface area contributed by atoms with Gasteiger partial charge in [-0.05, 0) is 64.2 Å². The Bertz CT molecular complexity index is 1230. The number of carbonyl (C=O) groups excluding carboxylic acids is 2. The molecule has 1 amide bonds. The number of amides is 1. The van der Waals surface area contributed by atoms with Crippen LogP contribution in [0.4, 0.5) is 0 Å². The summed E-state index contributed by atoms with van der Waals surface area (Å²) in [5.74, 6) is -0.0567. The molecular formula is C70H133NO5. The minimum atomic E-state index is -0.841. The summed E-state index contributed by atoms with van der Waals surface area (Å²) in [6.45, 7) is 4.89. The van der Waals surface area contributed by atoms with E-state index in [1.165, 1.54) is 295 Å². The van der Waals surface area contributed by atoms with Crippen LogP contribution in [-0.2, 0) is 14.3 Å². The van der Waals surface area contributed by atoms with Crippen molar-refractivity contribution in [3.05, 3.63) is 36.5 Å². The molecule has 0 radical (unpaired) electrons. The lowest BCUT2D eigenvalue weighted by molar-refractivity contribution is -0.143. The highest BCUT2D eigenvalue weighted by atomic mass is 16.5. The average Bonchev–Trinajstić information content (AvgIpc) is 3.42. The summed E-state index contributed by atoms with van der Waals surface area (Å²) < 4.78 is 5.49. The highest BCUT2D eigenvalue weighted by molar-refractivity contribution is 5.76. The van der Waals surface area contributed by atoms with Crippen molar-refractivity contribution in [2.24, 2.45) is 0 Å². The van der Waals surface area contributed by atoms with Crippen molar-refractivity contribution >= 4 is 11.9 Å². The Morgan fingerprint density at radius 2 is 0.658 bits per heavy atom. The Balaban J connectivity index is 3.34. The molecule has 0 rings (SSSR count). The first-order valence-electron chi connectivity index (χ1n) is 34.3. The van der Waals surface area contributed by atoms with Gasteiger partial charge in [0.25, 0.3) is 0 Å². The maximum absolute atomic E-state index is 12.5. The van der Waals surface area contributed by atoms with Crippen molar-refractivity contribution in [2.45, 2.75) is 386 Å². The lowest BCUT2D eigenvalue weighted by Gasteiger charge is -2.20. The van der Waals surface area contributed by atoms with Crippen molar-refractivity contribution in [2.75, 3.05) is 13.2 Å². The van der Waals surface area contributed by atoms with E-state index in [-0.39, 0.29) is 18.5 Å². The van der Waals surface area contributed by atoms with Gasteiger partial charge < -0.3 is 20.3 Å². The molecule has 3 N–H and O–H groups in total. The Kier molecular flexibility index (Phi) is 63.9. The number of allylic oxidation sites excluding steroid dienone is 5. The zero-order chi connectivity index (χ0) is 55.0. The Hall–Kier alpha value is -1.92. The monoisotopic (exact) mass is 1070 g/mol. The number of aliphatic hydroxyl groups excluding tert-OH is 2. The number of esters is 1. The third-order valence-electron chi connectivity index (χ3n) is 15.9. The van der Waals surface area contributed by atoms with Crippen molar-refractivity contribution in [3.8, 4) is 0 Å². The van der Waals surface area contributed by atoms with Crippen molar-refractivity contribution in [3.63, 3.8) is 0 Å². The van der Waals surface area contributed by atoms with Crippen LogP contribution in [0.15, 0.2) is 36.5 Å². The van der Waals surface area contributed by atoms with E-state index in [2.05, 4.69) is 43.5 Å². The van der Waals surface area contributed by atoms with E-state index in [0.717, 1.165) is 51.4 Å². The lowest BCUT2D eigenvalue weighted by atomic mass is 10.0.